The molecule has 0 aromatic rings. The van der Waals surface area contributed by atoms with E-state index in [-0.39, 0.29) is 5.78 Å². The molecule has 0 saturated carbocycles. The summed E-state index contributed by atoms with van der Waals surface area (Å²) in [5.41, 5.74) is 0.884. The van der Waals surface area contributed by atoms with Crippen molar-refractivity contribution < 1.29 is 4.79 Å². The molecule has 58 valence electrons. The molecule has 0 fully saturated rings. The van der Waals surface area contributed by atoms with Crippen LogP contribution in [0.4, 0.5) is 0 Å². The van der Waals surface area contributed by atoms with E-state index in [1.807, 2.05) is 13.0 Å². The summed E-state index contributed by atoms with van der Waals surface area (Å²) in [5, 5.41) is 0. The van der Waals surface area contributed by atoms with Crippen molar-refractivity contribution in [2.45, 2.75) is 34.1 Å². The second kappa shape index (κ2) is 4.26. The Labute approximate surface area is 63.1 Å². The molecule has 0 bridgehead atoms. The molecule has 0 aromatic heterocycles. The molecule has 0 aliphatic carbocycles. The van der Waals surface area contributed by atoms with Crippen LogP contribution in [0.3, 0.4) is 0 Å². The van der Waals surface area contributed by atoms with E-state index in [2.05, 4.69) is 13.8 Å². The first kappa shape index (κ1) is 9.41. The highest BCUT2D eigenvalue weighted by molar-refractivity contribution is 5.92. The average molecular weight is 140 g/mol. The molecule has 10 heavy (non-hydrogen) atoms. The molecule has 1 unspecified atom stereocenters. The molecule has 0 N–H and O–H groups in total. The maximum Gasteiger partial charge on any atom is 0.155 e. The minimum atomic E-state index is 0.181. The third kappa shape index (κ3) is 3.44. The first-order valence-corrected chi connectivity index (χ1v) is 3.77. The van der Waals surface area contributed by atoms with Crippen LogP contribution in [0.5, 0.6) is 0 Å². The topological polar surface area (TPSA) is 17.1 Å². The third-order valence-electron chi connectivity index (χ3n) is 1.73. The summed E-state index contributed by atoms with van der Waals surface area (Å²) in [7, 11) is 0. The van der Waals surface area contributed by atoms with Crippen molar-refractivity contribution in [3.05, 3.63) is 11.6 Å². The van der Waals surface area contributed by atoms with Gasteiger partial charge < -0.3 is 0 Å². The number of carbonyl (C=O) groups excluding carboxylic acids is 1. The van der Waals surface area contributed by atoms with Crippen molar-refractivity contribution in [2.24, 2.45) is 5.92 Å². The van der Waals surface area contributed by atoms with Gasteiger partial charge in [0.25, 0.3) is 0 Å². The fourth-order valence-electron chi connectivity index (χ4n) is 0.662. The van der Waals surface area contributed by atoms with Crippen LogP contribution >= 0.6 is 0 Å². The molecular formula is C9H16O. The summed E-state index contributed by atoms with van der Waals surface area (Å²) >= 11 is 0. The molecule has 0 amide bonds. The van der Waals surface area contributed by atoms with E-state index in [4.69, 9.17) is 0 Å². The fraction of sp³-hybridized carbons (Fsp3) is 0.667. The lowest BCUT2D eigenvalue weighted by Crippen LogP contribution is -1.95. The smallest absolute Gasteiger partial charge is 0.155 e. The van der Waals surface area contributed by atoms with Gasteiger partial charge in [0.05, 0.1) is 0 Å². The van der Waals surface area contributed by atoms with Crippen LogP contribution in [0.25, 0.3) is 0 Å². The van der Waals surface area contributed by atoms with Gasteiger partial charge in [-0.2, -0.15) is 0 Å². The lowest BCUT2D eigenvalue weighted by molar-refractivity contribution is -0.113. The Morgan fingerprint density at radius 2 is 2.00 bits per heavy atom. The van der Waals surface area contributed by atoms with E-state index < -0.39 is 0 Å². The van der Waals surface area contributed by atoms with E-state index in [9.17, 15) is 4.79 Å². The molecular weight excluding hydrogens is 124 g/mol. The third-order valence-corrected chi connectivity index (χ3v) is 1.73. The molecule has 1 atom stereocenters. The van der Waals surface area contributed by atoms with Crippen molar-refractivity contribution in [3.63, 3.8) is 0 Å². The zero-order valence-corrected chi connectivity index (χ0v) is 7.27. The van der Waals surface area contributed by atoms with Crippen LogP contribution in [0, 0.1) is 5.92 Å². The number of allylic oxidation sites excluding steroid dienone is 2. The quantitative estimate of drug-likeness (QED) is 0.551. The highest BCUT2D eigenvalue weighted by Gasteiger charge is 1.98. The van der Waals surface area contributed by atoms with Crippen LogP contribution in [0.1, 0.15) is 34.1 Å². The Hall–Kier alpha value is -0.590. The van der Waals surface area contributed by atoms with Gasteiger partial charge in [-0.1, -0.05) is 26.3 Å². The number of rotatable bonds is 3. The fourth-order valence-corrected chi connectivity index (χ4v) is 0.662. The second-order valence-corrected chi connectivity index (χ2v) is 2.79. The van der Waals surface area contributed by atoms with Crippen molar-refractivity contribution >= 4 is 5.78 Å². The molecule has 1 nitrogen and oxygen atoms in total. The second-order valence-electron chi connectivity index (χ2n) is 2.79. The molecule has 0 aliphatic rings. The molecule has 0 saturated heterocycles. The standard InChI is InChI=1S/C9H16O/c1-5-7(2)6-8(3)9(4)10/h6-7H,5H2,1-4H3/b8-6+. The normalized spacial score (nSPS) is 15.0. The summed E-state index contributed by atoms with van der Waals surface area (Å²) in [5.74, 6) is 0.712. The first-order valence-electron chi connectivity index (χ1n) is 3.77. The molecule has 0 spiro atoms. The summed E-state index contributed by atoms with van der Waals surface area (Å²) in [6.07, 6.45) is 3.13. The maximum atomic E-state index is 10.7. The van der Waals surface area contributed by atoms with Crippen LogP contribution in [-0.2, 0) is 4.79 Å². The molecule has 0 heterocycles. The Bertz CT molecular complexity index is 145. The van der Waals surface area contributed by atoms with Gasteiger partial charge >= 0.3 is 0 Å². The van der Waals surface area contributed by atoms with Gasteiger partial charge in [0.15, 0.2) is 5.78 Å². The van der Waals surface area contributed by atoms with Gasteiger partial charge in [0.1, 0.15) is 0 Å². The number of hydrogen-bond donors (Lipinski definition) is 0. The van der Waals surface area contributed by atoms with Crippen molar-refractivity contribution in [1.82, 2.24) is 0 Å². The number of hydrogen-bond acceptors (Lipinski definition) is 1. The molecule has 0 rings (SSSR count). The maximum absolute atomic E-state index is 10.7. The minimum Gasteiger partial charge on any atom is -0.295 e. The van der Waals surface area contributed by atoms with Gasteiger partial charge in [0, 0.05) is 0 Å². The molecule has 0 radical (unpaired) electrons. The Morgan fingerprint density at radius 3 is 2.30 bits per heavy atom. The predicted octanol–water partition coefficient (Wildman–Crippen LogP) is 2.57. The van der Waals surface area contributed by atoms with E-state index in [0.717, 1.165) is 12.0 Å². The summed E-state index contributed by atoms with van der Waals surface area (Å²) in [6.45, 7) is 7.71. The van der Waals surface area contributed by atoms with Gasteiger partial charge in [0.2, 0.25) is 0 Å². The Morgan fingerprint density at radius 1 is 1.50 bits per heavy atom. The van der Waals surface area contributed by atoms with Gasteiger partial charge in [-0.05, 0) is 25.3 Å². The Balaban J connectivity index is 4.02. The molecule has 0 aromatic carbocycles. The lowest BCUT2D eigenvalue weighted by Gasteiger charge is -2.01. The summed E-state index contributed by atoms with van der Waals surface area (Å²) in [4.78, 5) is 10.7. The van der Waals surface area contributed by atoms with E-state index in [1.54, 1.807) is 6.92 Å². The van der Waals surface area contributed by atoms with Gasteiger partial charge in [-0.3, -0.25) is 4.79 Å². The van der Waals surface area contributed by atoms with Gasteiger partial charge in [-0.15, -0.1) is 0 Å². The monoisotopic (exact) mass is 140 g/mol. The average Bonchev–Trinajstić information content (AvgIpc) is 1.87. The SMILES string of the molecule is CCC(C)/C=C(\C)C(C)=O. The van der Waals surface area contributed by atoms with Crippen molar-refractivity contribution in [2.75, 3.05) is 0 Å². The predicted molar refractivity (Wildman–Crippen MR) is 43.9 cm³/mol. The van der Waals surface area contributed by atoms with Crippen molar-refractivity contribution in [3.8, 4) is 0 Å². The van der Waals surface area contributed by atoms with Crippen molar-refractivity contribution in [1.29, 1.82) is 0 Å². The number of Topliss-reactive ketones (excluding diaryl/α,β-unsaturated/α-hetero) is 1. The molecule has 0 aliphatic heterocycles. The highest BCUT2D eigenvalue weighted by atomic mass is 16.1. The van der Waals surface area contributed by atoms with E-state index >= 15 is 0 Å². The molecule has 1 heteroatoms. The van der Waals surface area contributed by atoms with Crippen LogP contribution < -0.4 is 0 Å². The first-order chi connectivity index (χ1) is 4.57. The zero-order valence-electron chi connectivity index (χ0n) is 7.27. The zero-order chi connectivity index (χ0) is 8.15. The lowest BCUT2D eigenvalue weighted by atomic mass is 10.0. The number of carbonyl (C=O) groups is 1. The van der Waals surface area contributed by atoms with Crippen LogP contribution in [0.15, 0.2) is 11.6 Å². The Kier molecular flexibility index (Phi) is 4.01. The summed E-state index contributed by atoms with van der Waals surface area (Å²) < 4.78 is 0. The minimum absolute atomic E-state index is 0.181. The summed E-state index contributed by atoms with van der Waals surface area (Å²) in [6, 6.07) is 0. The number of ketones is 1. The van der Waals surface area contributed by atoms with E-state index in [1.165, 1.54) is 0 Å². The van der Waals surface area contributed by atoms with E-state index in [0.29, 0.717) is 5.92 Å². The van der Waals surface area contributed by atoms with Crippen LogP contribution in [-0.4, -0.2) is 5.78 Å². The highest BCUT2D eigenvalue weighted by Crippen LogP contribution is 2.06. The largest absolute Gasteiger partial charge is 0.295 e. The van der Waals surface area contributed by atoms with Crippen LogP contribution in [0.2, 0.25) is 0 Å². The van der Waals surface area contributed by atoms with Gasteiger partial charge in [-0.25, -0.2) is 0 Å².